The molecule has 6 nitrogen and oxygen atoms in total. The summed E-state index contributed by atoms with van der Waals surface area (Å²) >= 11 is 0. The van der Waals surface area contributed by atoms with Crippen LogP contribution in [-0.2, 0) is 10.0 Å². The molecule has 0 radical (unpaired) electrons. The SMILES string of the molecule is COc1ccc(N2C[C@@H](C)N[C@@H](C)C2)cc1NS(=O)(=O)c1ccc(-c2cccc(F)c2F)cc1. The van der Waals surface area contributed by atoms with E-state index in [2.05, 4.69) is 28.8 Å². The molecule has 0 aliphatic carbocycles. The van der Waals surface area contributed by atoms with Crippen LogP contribution in [0.15, 0.2) is 65.6 Å². The number of halogens is 2. The Morgan fingerprint density at radius 1 is 1.00 bits per heavy atom. The number of sulfonamides is 1. The van der Waals surface area contributed by atoms with E-state index in [1.54, 1.807) is 12.1 Å². The molecular weight excluding hydrogens is 460 g/mol. The van der Waals surface area contributed by atoms with Gasteiger partial charge in [0.15, 0.2) is 11.6 Å². The van der Waals surface area contributed by atoms with E-state index >= 15 is 0 Å². The Labute approximate surface area is 198 Å². The molecule has 180 valence electrons. The van der Waals surface area contributed by atoms with Crippen LogP contribution in [0.5, 0.6) is 5.75 Å². The van der Waals surface area contributed by atoms with E-state index in [0.717, 1.165) is 24.8 Å². The third-order valence-electron chi connectivity index (χ3n) is 5.78. The largest absolute Gasteiger partial charge is 0.495 e. The predicted octanol–water partition coefficient (Wildman–Crippen LogP) is 4.63. The van der Waals surface area contributed by atoms with Gasteiger partial charge in [-0.05, 0) is 55.8 Å². The molecule has 0 saturated carbocycles. The van der Waals surface area contributed by atoms with Gasteiger partial charge in [0.1, 0.15) is 5.75 Å². The zero-order valence-corrected chi connectivity index (χ0v) is 20.0. The second kappa shape index (κ2) is 9.60. The van der Waals surface area contributed by atoms with Crippen molar-refractivity contribution in [3.63, 3.8) is 0 Å². The third kappa shape index (κ3) is 5.00. The normalized spacial score (nSPS) is 18.6. The lowest BCUT2D eigenvalue weighted by Crippen LogP contribution is -2.54. The van der Waals surface area contributed by atoms with Gasteiger partial charge in [-0.25, -0.2) is 17.2 Å². The lowest BCUT2D eigenvalue weighted by molar-refractivity contribution is 0.406. The molecule has 2 N–H and O–H groups in total. The summed E-state index contributed by atoms with van der Waals surface area (Å²) in [6.45, 7) is 5.80. The van der Waals surface area contributed by atoms with Crippen LogP contribution in [0.4, 0.5) is 20.2 Å². The molecule has 9 heteroatoms. The molecule has 1 fully saturated rings. The Hall–Kier alpha value is -3.17. The van der Waals surface area contributed by atoms with Gasteiger partial charge >= 0.3 is 0 Å². The van der Waals surface area contributed by atoms with Gasteiger partial charge in [-0.15, -0.1) is 0 Å². The fourth-order valence-corrected chi connectivity index (χ4v) is 5.32. The fraction of sp³-hybridized carbons (Fsp3) is 0.280. The Balaban J connectivity index is 1.60. The van der Waals surface area contributed by atoms with E-state index < -0.39 is 21.7 Å². The highest BCUT2D eigenvalue weighted by molar-refractivity contribution is 7.92. The molecule has 34 heavy (non-hydrogen) atoms. The number of ether oxygens (including phenoxy) is 1. The summed E-state index contributed by atoms with van der Waals surface area (Å²) in [5.74, 6) is -1.55. The molecule has 3 aromatic rings. The maximum atomic E-state index is 14.1. The summed E-state index contributed by atoms with van der Waals surface area (Å²) in [7, 11) is -2.48. The lowest BCUT2D eigenvalue weighted by atomic mass is 10.1. The molecule has 0 amide bonds. The summed E-state index contributed by atoms with van der Waals surface area (Å²) in [5.41, 5.74) is 1.64. The molecule has 1 saturated heterocycles. The summed E-state index contributed by atoms with van der Waals surface area (Å²) in [5, 5.41) is 3.48. The molecule has 2 atom stereocenters. The van der Waals surface area contributed by atoms with Crippen LogP contribution in [0.2, 0.25) is 0 Å². The van der Waals surface area contributed by atoms with Gasteiger partial charge in [0.05, 0.1) is 17.7 Å². The van der Waals surface area contributed by atoms with Crippen LogP contribution in [0, 0.1) is 11.6 Å². The molecule has 0 bridgehead atoms. The summed E-state index contributed by atoms with van der Waals surface area (Å²) < 4.78 is 61.9. The number of methoxy groups -OCH3 is 1. The van der Waals surface area contributed by atoms with Gasteiger partial charge in [0, 0.05) is 36.4 Å². The van der Waals surface area contributed by atoms with E-state index in [1.165, 1.54) is 43.5 Å². The van der Waals surface area contributed by atoms with Crippen molar-refractivity contribution in [1.82, 2.24) is 5.32 Å². The zero-order chi connectivity index (χ0) is 24.5. The van der Waals surface area contributed by atoms with Gasteiger partial charge in [0.2, 0.25) is 0 Å². The van der Waals surface area contributed by atoms with E-state index in [9.17, 15) is 17.2 Å². The highest BCUT2D eigenvalue weighted by Crippen LogP contribution is 2.33. The van der Waals surface area contributed by atoms with Crippen LogP contribution < -0.4 is 19.7 Å². The van der Waals surface area contributed by atoms with Crippen molar-refractivity contribution in [2.45, 2.75) is 30.8 Å². The van der Waals surface area contributed by atoms with Crippen LogP contribution >= 0.6 is 0 Å². The van der Waals surface area contributed by atoms with Crippen molar-refractivity contribution in [2.24, 2.45) is 0 Å². The number of anilines is 2. The molecule has 1 aliphatic heterocycles. The van der Waals surface area contributed by atoms with Crippen molar-refractivity contribution in [1.29, 1.82) is 0 Å². The number of benzene rings is 3. The molecule has 3 aromatic carbocycles. The first-order valence-electron chi connectivity index (χ1n) is 10.9. The fourth-order valence-electron chi connectivity index (χ4n) is 4.25. The second-order valence-electron chi connectivity index (χ2n) is 8.49. The highest BCUT2D eigenvalue weighted by Gasteiger charge is 2.23. The number of hydrogen-bond donors (Lipinski definition) is 2. The average Bonchev–Trinajstić information content (AvgIpc) is 2.80. The first-order valence-corrected chi connectivity index (χ1v) is 12.4. The quantitative estimate of drug-likeness (QED) is 0.531. The van der Waals surface area contributed by atoms with Crippen LogP contribution in [0.3, 0.4) is 0 Å². The minimum Gasteiger partial charge on any atom is -0.495 e. The third-order valence-corrected chi connectivity index (χ3v) is 7.16. The van der Waals surface area contributed by atoms with E-state index in [-0.39, 0.29) is 10.5 Å². The minimum atomic E-state index is -3.96. The smallest absolute Gasteiger partial charge is 0.262 e. The number of nitrogens with zero attached hydrogens (tertiary/aromatic N) is 1. The average molecular weight is 488 g/mol. The first kappa shape index (κ1) is 24.0. The predicted molar refractivity (Wildman–Crippen MR) is 130 cm³/mol. The van der Waals surface area contributed by atoms with E-state index in [0.29, 0.717) is 29.1 Å². The van der Waals surface area contributed by atoms with Gasteiger partial charge in [0.25, 0.3) is 10.0 Å². The van der Waals surface area contributed by atoms with Crippen molar-refractivity contribution in [2.75, 3.05) is 29.8 Å². The highest BCUT2D eigenvalue weighted by atomic mass is 32.2. The molecule has 0 aromatic heterocycles. The van der Waals surface area contributed by atoms with Crippen molar-refractivity contribution in [3.05, 3.63) is 72.3 Å². The maximum Gasteiger partial charge on any atom is 0.262 e. The van der Waals surface area contributed by atoms with Gasteiger partial charge in [-0.2, -0.15) is 0 Å². The van der Waals surface area contributed by atoms with E-state index in [1.807, 2.05) is 6.07 Å². The first-order chi connectivity index (χ1) is 16.2. The lowest BCUT2D eigenvalue weighted by Gasteiger charge is -2.38. The van der Waals surface area contributed by atoms with E-state index in [4.69, 9.17) is 4.74 Å². The Morgan fingerprint density at radius 3 is 2.32 bits per heavy atom. The number of nitrogens with one attached hydrogen (secondary N) is 2. The molecule has 1 heterocycles. The maximum absolute atomic E-state index is 14.1. The number of rotatable bonds is 6. The Morgan fingerprint density at radius 2 is 1.68 bits per heavy atom. The Bertz CT molecular complexity index is 1270. The monoisotopic (exact) mass is 487 g/mol. The topological polar surface area (TPSA) is 70.7 Å². The van der Waals surface area contributed by atoms with Crippen molar-refractivity contribution < 1.29 is 21.9 Å². The summed E-state index contributed by atoms with van der Waals surface area (Å²) in [6.07, 6.45) is 0. The molecule has 1 aliphatic rings. The van der Waals surface area contributed by atoms with Crippen LogP contribution in [0.25, 0.3) is 11.1 Å². The zero-order valence-electron chi connectivity index (χ0n) is 19.2. The van der Waals surface area contributed by atoms with Crippen molar-refractivity contribution >= 4 is 21.4 Å². The number of piperazine rings is 1. The number of hydrogen-bond acceptors (Lipinski definition) is 5. The molecule has 0 unspecified atom stereocenters. The van der Waals surface area contributed by atoms with Gasteiger partial charge < -0.3 is 15.0 Å². The van der Waals surface area contributed by atoms with Crippen LogP contribution in [-0.4, -0.2) is 40.7 Å². The summed E-state index contributed by atoms with van der Waals surface area (Å²) in [6, 6.07) is 15.5. The van der Waals surface area contributed by atoms with Crippen molar-refractivity contribution in [3.8, 4) is 16.9 Å². The molecular formula is C25H27F2N3O3S. The second-order valence-corrected chi connectivity index (χ2v) is 10.2. The molecule has 4 rings (SSSR count). The Kier molecular flexibility index (Phi) is 6.77. The van der Waals surface area contributed by atoms with Gasteiger partial charge in [-0.1, -0.05) is 24.3 Å². The van der Waals surface area contributed by atoms with Gasteiger partial charge in [-0.3, -0.25) is 4.72 Å². The van der Waals surface area contributed by atoms with Crippen LogP contribution in [0.1, 0.15) is 13.8 Å². The molecule has 0 spiro atoms. The standard InChI is InChI=1S/C25H27F2N3O3S/c1-16-14-30(15-17(2)28-16)19-9-12-24(33-3)23(13-19)29-34(31,32)20-10-7-18(8-11-20)21-5-4-6-22(26)25(21)27/h4-13,16-17,28-29H,14-15H2,1-3H3/t16-,17+. The summed E-state index contributed by atoms with van der Waals surface area (Å²) in [4.78, 5) is 2.19. The minimum absolute atomic E-state index is 0.00932.